The van der Waals surface area contributed by atoms with E-state index in [9.17, 15) is 9.18 Å². The second kappa shape index (κ2) is 8.46. The number of aliphatic imine (C=N–C) groups is 1. The highest BCUT2D eigenvalue weighted by Gasteiger charge is 2.22. The average Bonchev–Trinajstić information content (AvgIpc) is 3.39. The van der Waals surface area contributed by atoms with Crippen molar-refractivity contribution in [3.63, 3.8) is 0 Å². The smallest absolute Gasteiger partial charge is 0.298 e. The molecule has 1 aliphatic rings. The van der Waals surface area contributed by atoms with Crippen LogP contribution in [0.4, 0.5) is 10.2 Å². The van der Waals surface area contributed by atoms with Gasteiger partial charge in [0, 0.05) is 18.7 Å². The van der Waals surface area contributed by atoms with Gasteiger partial charge in [-0.1, -0.05) is 18.1 Å². The number of para-hydroxylation sites is 1. The number of hydrogen-bond acceptors (Lipinski definition) is 5. The minimum absolute atomic E-state index is 0.0379. The van der Waals surface area contributed by atoms with E-state index in [4.69, 9.17) is 11.2 Å². The van der Waals surface area contributed by atoms with Crippen LogP contribution in [0.15, 0.2) is 41.7 Å². The van der Waals surface area contributed by atoms with E-state index < -0.39 is 5.82 Å². The molecular weight excluding hydrogens is 385 g/mol. The summed E-state index contributed by atoms with van der Waals surface area (Å²) in [4.78, 5) is 29.3. The van der Waals surface area contributed by atoms with Gasteiger partial charge in [0.05, 0.1) is 17.6 Å². The van der Waals surface area contributed by atoms with Crippen LogP contribution in [0.1, 0.15) is 12.1 Å². The van der Waals surface area contributed by atoms with Crippen LogP contribution >= 0.6 is 0 Å². The summed E-state index contributed by atoms with van der Waals surface area (Å²) in [7, 11) is 0. The van der Waals surface area contributed by atoms with Gasteiger partial charge in [0.25, 0.3) is 5.91 Å². The Hall–Kier alpha value is -4.17. The van der Waals surface area contributed by atoms with Gasteiger partial charge in [-0.05, 0) is 30.0 Å². The number of carbonyl (C=O) groups is 1. The van der Waals surface area contributed by atoms with E-state index in [-0.39, 0.29) is 18.3 Å². The van der Waals surface area contributed by atoms with Gasteiger partial charge < -0.3 is 14.6 Å². The van der Waals surface area contributed by atoms with E-state index in [0.29, 0.717) is 42.1 Å². The Morgan fingerprint density at radius 3 is 3.07 bits per heavy atom. The number of H-pyrrole nitrogens is 1. The van der Waals surface area contributed by atoms with Crippen LogP contribution in [0.25, 0.3) is 11.0 Å². The van der Waals surface area contributed by atoms with Crippen molar-refractivity contribution < 1.29 is 13.9 Å². The van der Waals surface area contributed by atoms with E-state index in [1.807, 2.05) is 0 Å². The molecule has 3 aromatic rings. The molecule has 2 aromatic heterocycles. The van der Waals surface area contributed by atoms with Gasteiger partial charge in [-0.3, -0.25) is 4.79 Å². The van der Waals surface area contributed by atoms with E-state index in [0.717, 1.165) is 5.71 Å². The number of aromatic nitrogens is 3. The number of nitrogens with zero attached hydrogens (tertiary/aromatic N) is 4. The molecule has 1 aliphatic heterocycles. The normalized spacial score (nSPS) is 14.4. The van der Waals surface area contributed by atoms with Crippen LogP contribution in [0.3, 0.4) is 0 Å². The number of likely N-dealkylation sites (tertiary alicyclic amines) is 1. The minimum atomic E-state index is -0.432. The molecule has 0 radical (unpaired) electrons. The zero-order valence-corrected chi connectivity index (χ0v) is 15.9. The molecule has 0 bridgehead atoms. The Balaban J connectivity index is 1.49. The molecular formula is C22H16FN5O2. The molecule has 0 unspecified atom stereocenters. The number of halogens is 1. The van der Waals surface area contributed by atoms with E-state index >= 15 is 0 Å². The van der Waals surface area contributed by atoms with Gasteiger partial charge in [-0.2, -0.15) is 0 Å². The molecule has 1 fully saturated rings. The number of hydrogen-bond donors (Lipinski definition) is 1. The molecule has 7 nitrogen and oxygen atoms in total. The maximum absolute atomic E-state index is 13.5. The highest BCUT2D eigenvalue weighted by molar-refractivity contribution is 6.01. The van der Waals surface area contributed by atoms with Crippen LogP contribution in [0, 0.1) is 30.0 Å². The molecule has 30 heavy (non-hydrogen) atoms. The minimum Gasteiger partial charge on any atom is -0.478 e. The molecule has 1 amide bonds. The van der Waals surface area contributed by atoms with E-state index in [2.05, 4.69) is 37.7 Å². The van der Waals surface area contributed by atoms with E-state index in [1.165, 1.54) is 12.4 Å². The number of aromatic amines is 1. The van der Waals surface area contributed by atoms with E-state index in [1.54, 1.807) is 29.2 Å². The second-order valence-corrected chi connectivity index (χ2v) is 6.46. The molecule has 0 aliphatic carbocycles. The summed E-state index contributed by atoms with van der Waals surface area (Å²) in [6.45, 7) is 0.969. The summed E-state index contributed by atoms with van der Waals surface area (Å²) in [5.74, 6) is 7.76. The van der Waals surface area contributed by atoms with Gasteiger partial charge in [0.1, 0.15) is 18.6 Å². The highest BCUT2D eigenvalue weighted by atomic mass is 19.1. The van der Waals surface area contributed by atoms with Crippen LogP contribution in [-0.2, 0) is 4.79 Å². The molecule has 0 atom stereocenters. The van der Waals surface area contributed by atoms with Crippen LogP contribution in [-0.4, -0.2) is 51.2 Å². The van der Waals surface area contributed by atoms with Gasteiger partial charge in [-0.25, -0.2) is 19.4 Å². The zero-order chi connectivity index (χ0) is 20.9. The number of amides is 1. The van der Waals surface area contributed by atoms with Crippen LogP contribution < -0.4 is 4.74 Å². The first-order chi connectivity index (χ1) is 14.6. The molecule has 1 aromatic carbocycles. The van der Waals surface area contributed by atoms with Crippen molar-refractivity contribution in [3.8, 4) is 29.9 Å². The topological polar surface area (TPSA) is 83.5 Å². The predicted octanol–water partition coefficient (Wildman–Crippen LogP) is 2.47. The standard InChI is InChI=1S/C22H16FN5O2/c1-2-20(29)28-10-9-16(13-28)27-22-17-12-15(26-21(17)24-14-25-22)6-5-11-30-19-8-4-3-7-18(19)23/h1,3-4,7-8,12,14H,9-11,13H2,(H,24,25,26). The first kappa shape index (κ1) is 19.2. The van der Waals surface area contributed by atoms with Crippen molar-refractivity contribution in [2.24, 2.45) is 4.99 Å². The number of ether oxygens (including phenoxy) is 1. The number of carbonyl (C=O) groups excluding carboxylic acids is 1. The molecule has 0 spiro atoms. The fourth-order valence-electron chi connectivity index (χ4n) is 3.04. The molecule has 3 heterocycles. The first-order valence-corrected chi connectivity index (χ1v) is 9.16. The van der Waals surface area contributed by atoms with Crippen molar-refractivity contribution in [2.45, 2.75) is 6.42 Å². The number of terminal acetylenes is 1. The lowest BCUT2D eigenvalue weighted by Crippen LogP contribution is -2.27. The molecule has 0 saturated carbocycles. The summed E-state index contributed by atoms with van der Waals surface area (Å²) in [6.07, 6.45) is 7.23. The van der Waals surface area contributed by atoms with Crippen LogP contribution in [0.2, 0.25) is 0 Å². The lowest BCUT2D eigenvalue weighted by atomic mass is 10.3. The Bertz CT molecular complexity index is 1250. The number of rotatable bonds is 3. The SMILES string of the molecule is C#CC(=O)N1CCC(=Nc2ncnc3[nH]c(C#CCOc4ccccc4F)cc23)C1. The maximum atomic E-state index is 13.5. The third-order valence-electron chi connectivity index (χ3n) is 4.48. The lowest BCUT2D eigenvalue weighted by Gasteiger charge is -2.09. The lowest BCUT2D eigenvalue weighted by molar-refractivity contribution is -0.123. The fraction of sp³-hybridized carbons (Fsp3) is 0.182. The van der Waals surface area contributed by atoms with Crippen molar-refractivity contribution in [2.75, 3.05) is 19.7 Å². The predicted molar refractivity (Wildman–Crippen MR) is 110 cm³/mol. The summed E-state index contributed by atoms with van der Waals surface area (Å²) in [5, 5.41) is 0.714. The third-order valence-corrected chi connectivity index (χ3v) is 4.48. The Morgan fingerprint density at radius 2 is 2.23 bits per heavy atom. The quantitative estimate of drug-likeness (QED) is 0.684. The van der Waals surface area contributed by atoms with Gasteiger partial charge in [0.15, 0.2) is 17.4 Å². The van der Waals surface area contributed by atoms with Crippen LogP contribution in [0.5, 0.6) is 5.75 Å². The summed E-state index contributed by atoms with van der Waals surface area (Å²) < 4.78 is 18.9. The molecule has 1 saturated heterocycles. The number of nitrogens with one attached hydrogen (secondary N) is 1. The Labute approximate surface area is 172 Å². The van der Waals surface area contributed by atoms with Gasteiger partial charge in [-0.15, -0.1) is 6.42 Å². The van der Waals surface area contributed by atoms with Crippen molar-refractivity contribution in [1.82, 2.24) is 19.9 Å². The highest BCUT2D eigenvalue weighted by Crippen LogP contribution is 2.24. The average molecular weight is 401 g/mol. The summed E-state index contributed by atoms with van der Waals surface area (Å²) >= 11 is 0. The molecule has 4 rings (SSSR count). The first-order valence-electron chi connectivity index (χ1n) is 9.16. The largest absolute Gasteiger partial charge is 0.478 e. The Morgan fingerprint density at radius 1 is 1.37 bits per heavy atom. The van der Waals surface area contributed by atoms with Crippen molar-refractivity contribution in [3.05, 3.63) is 48.2 Å². The number of benzene rings is 1. The summed E-state index contributed by atoms with van der Waals surface area (Å²) in [6, 6.07) is 7.95. The second-order valence-electron chi connectivity index (χ2n) is 6.46. The Kier molecular flexibility index (Phi) is 5.40. The monoisotopic (exact) mass is 401 g/mol. The third kappa shape index (κ3) is 4.13. The molecule has 148 valence electrons. The fourth-order valence-corrected chi connectivity index (χ4v) is 3.04. The van der Waals surface area contributed by atoms with Gasteiger partial charge >= 0.3 is 0 Å². The number of fused-ring (bicyclic) bond motifs is 1. The van der Waals surface area contributed by atoms with Gasteiger partial charge in [0.2, 0.25) is 0 Å². The molecule has 8 heteroatoms. The van der Waals surface area contributed by atoms with Crippen molar-refractivity contribution in [1.29, 1.82) is 0 Å². The zero-order valence-electron chi connectivity index (χ0n) is 15.9. The maximum Gasteiger partial charge on any atom is 0.298 e. The molecule has 1 N–H and O–H groups in total. The van der Waals surface area contributed by atoms with Crippen molar-refractivity contribution >= 4 is 28.5 Å². The summed E-state index contributed by atoms with van der Waals surface area (Å²) in [5.41, 5.74) is 2.03.